The fourth-order valence-electron chi connectivity index (χ4n) is 3.40. The number of aromatic hydroxyl groups is 1. The van der Waals surface area contributed by atoms with Crippen molar-refractivity contribution in [3.63, 3.8) is 0 Å². The van der Waals surface area contributed by atoms with Gasteiger partial charge in [0, 0.05) is 20.8 Å². The van der Waals surface area contributed by atoms with Crippen LogP contribution in [0.1, 0.15) is 10.4 Å². The van der Waals surface area contributed by atoms with Gasteiger partial charge in [-0.2, -0.15) is 0 Å². The van der Waals surface area contributed by atoms with Crippen molar-refractivity contribution in [3.8, 4) is 16.9 Å². The van der Waals surface area contributed by atoms with E-state index in [1.807, 2.05) is 24.3 Å². The van der Waals surface area contributed by atoms with Crippen molar-refractivity contribution in [1.29, 1.82) is 0 Å². The van der Waals surface area contributed by atoms with Crippen molar-refractivity contribution < 1.29 is 10.0 Å². The first-order chi connectivity index (χ1) is 12.8. The Kier molecular flexibility index (Phi) is 4.49. The number of hydrogen-bond donors (Lipinski definition) is 1. The van der Waals surface area contributed by atoms with Gasteiger partial charge in [0.2, 0.25) is 5.75 Å². The third-order valence-electron chi connectivity index (χ3n) is 4.80. The minimum atomic E-state index is -0.562. The fourth-order valence-corrected chi connectivity index (χ4v) is 5.75. The lowest BCUT2D eigenvalue weighted by atomic mass is 9.92. The van der Waals surface area contributed by atoms with Crippen LogP contribution in [0.5, 0.6) is 5.75 Å². The molecule has 0 bridgehead atoms. The molecular formula is C20H13Br2NO3S. The number of rotatable bonds is 2. The number of benzene rings is 3. The second-order valence-electron chi connectivity index (χ2n) is 6.30. The summed E-state index contributed by atoms with van der Waals surface area (Å²) in [4.78, 5) is 12.1. The molecule has 0 unspecified atom stereocenters. The SMILES string of the molecule is Cc1sc2c(Br)c3ccccc3c(-c3cc(Br)c(O)c([N+](=O)[O-])c3)c2c1C. The summed E-state index contributed by atoms with van der Waals surface area (Å²) >= 11 is 8.73. The van der Waals surface area contributed by atoms with E-state index < -0.39 is 4.92 Å². The molecule has 0 spiro atoms. The molecule has 7 heteroatoms. The Hall–Kier alpha value is -1.96. The molecule has 0 saturated heterocycles. The summed E-state index contributed by atoms with van der Waals surface area (Å²) in [5.74, 6) is -0.361. The van der Waals surface area contributed by atoms with E-state index in [1.165, 1.54) is 10.9 Å². The molecule has 0 atom stereocenters. The summed E-state index contributed by atoms with van der Waals surface area (Å²) in [6.45, 7) is 4.15. The zero-order chi connectivity index (χ0) is 19.5. The second-order valence-corrected chi connectivity index (χ2v) is 9.18. The molecule has 0 saturated carbocycles. The van der Waals surface area contributed by atoms with Gasteiger partial charge in [-0.15, -0.1) is 11.3 Å². The van der Waals surface area contributed by atoms with Crippen molar-refractivity contribution >= 4 is 69.7 Å². The van der Waals surface area contributed by atoms with Gasteiger partial charge < -0.3 is 5.11 Å². The van der Waals surface area contributed by atoms with Gasteiger partial charge in [-0.05, 0) is 79.2 Å². The van der Waals surface area contributed by atoms with Crippen LogP contribution in [0.15, 0.2) is 45.3 Å². The van der Waals surface area contributed by atoms with Crippen LogP contribution < -0.4 is 0 Å². The Balaban J connectivity index is 2.25. The minimum absolute atomic E-state index is 0.302. The van der Waals surface area contributed by atoms with Crippen LogP contribution in [0.25, 0.3) is 32.0 Å². The molecule has 0 radical (unpaired) electrons. The lowest BCUT2D eigenvalue weighted by Crippen LogP contribution is -1.92. The van der Waals surface area contributed by atoms with Crippen LogP contribution in [-0.2, 0) is 0 Å². The number of hydrogen-bond acceptors (Lipinski definition) is 4. The Bertz CT molecular complexity index is 1260. The maximum atomic E-state index is 11.4. The molecule has 0 aliphatic carbocycles. The number of nitro benzene ring substituents is 1. The van der Waals surface area contributed by atoms with Crippen molar-refractivity contribution in [1.82, 2.24) is 0 Å². The van der Waals surface area contributed by atoms with E-state index in [2.05, 4.69) is 45.7 Å². The molecule has 1 N–H and O–H groups in total. The van der Waals surface area contributed by atoms with Crippen LogP contribution in [0.3, 0.4) is 0 Å². The summed E-state index contributed by atoms with van der Waals surface area (Å²) in [6.07, 6.45) is 0. The molecule has 4 aromatic rings. The van der Waals surface area contributed by atoms with E-state index in [1.54, 1.807) is 17.4 Å². The number of aryl methyl sites for hydroxylation is 2. The molecule has 1 heterocycles. The summed E-state index contributed by atoms with van der Waals surface area (Å²) in [6, 6.07) is 11.2. The molecule has 0 amide bonds. The fraction of sp³-hybridized carbons (Fsp3) is 0.100. The average molecular weight is 507 g/mol. The third-order valence-corrected chi connectivity index (χ3v) is 7.71. The molecule has 136 valence electrons. The molecule has 1 aromatic heterocycles. The van der Waals surface area contributed by atoms with Crippen LogP contribution in [-0.4, -0.2) is 10.0 Å². The van der Waals surface area contributed by atoms with Gasteiger partial charge in [0.1, 0.15) is 0 Å². The molecule has 27 heavy (non-hydrogen) atoms. The largest absolute Gasteiger partial charge is 0.501 e. The van der Waals surface area contributed by atoms with E-state index in [0.717, 1.165) is 36.5 Å². The predicted octanol–water partition coefficient (Wildman–Crippen LogP) is 7.48. The predicted molar refractivity (Wildman–Crippen MR) is 118 cm³/mol. The van der Waals surface area contributed by atoms with Gasteiger partial charge in [0.05, 0.1) is 14.1 Å². The Morgan fingerprint density at radius 2 is 1.78 bits per heavy atom. The molecule has 3 aromatic carbocycles. The second kappa shape index (κ2) is 6.58. The Morgan fingerprint density at radius 3 is 2.44 bits per heavy atom. The van der Waals surface area contributed by atoms with Gasteiger partial charge in [-0.25, -0.2) is 0 Å². The van der Waals surface area contributed by atoms with E-state index in [9.17, 15) is 15.2 Å². The van der Waals surface area contributed by atoms with E-state index in [-0.39, 0.29) is 11.4 Å². The van der Waals surface area contributed by atoms with Gasteiger partial charge in [-0.3, -0.25) is 10.1 Å². The molecule has 0 fully saturated rings. The number of fused-ring (bicyclic) bond motifs is 2. The first-order valence-electron chi connectivity index (χ1n) is 8.08. The Morgan fingerprint density at radius 1 is 1.11 bits per heavy atom. The highest BCUT2D eigenvalue weighted by molar-refractivity contribution is 9.11. The van der Waals surface area contributed by atoms with E-state index >= 15 is 0 Å². The van der Waals surface area contributed by atoms with Crippen molar-refractivity contribution in [2.75, 3.05) is 0 Å². The number of phenols is 1. The van der Waals surface area contributed by atoms with E-state index in [0.29, 0.717) is 10.0 Å². The normalized spacial score (nSPS) is 11.4. The first-order valence-corrected chi connectivity index (χ1v) is 10.5. The molecular weight excluding hydrogens is 494 g/mol. The number of thiophene rings is 1. The standard InChI is InChI=1S/C20H13Br2NO3S/c1-9-10(2)27-20-16(9)17(12-5-3-4-6-13(12)18(20)22)11-7-14(21)19(24)15(8-11)23(25)26/h3-8,24H,1-2H3. The lowest BCUT2D eigenvalue weighted by molar-refractivity contribution is -0.385. The number of phenolic OH excluding ortho intramolecular Hbond substituents is 1. The maximum Gasteiger partial charge on any atom is 0.312 e. The molecule has 0 aliphatic rings. The van der Waals surface area contributed by atoms with Crippen LogP contribution in [0.4, 0.5) is 5.69 Å². The molecule has 0 aliphatic heterocycles. The Labute approximate surface area is 175 Å². The first kappa shape index (κ1) is 18.4. The van der Waals surface area contributed by atoms with Crippen LogP contribution >= 0.6 is 43.2 Å². The number of halogens is 2. The zero-order valence-electron chi connectivity index (χ0n) is 14.3. The molecule has 4 nitrogen and oxygen atoms in total. The topological polar surface area (TPSA) is 63.4 Å². The monoisotopic (exact) mass is 505 g/mol. The third kappa shape index (κ3) is 2.76. The summed E-state index contributed by atoms with van der Waals surface area (Å²) < 4.78 is 2.45. The van der Waals surface area contributed by atoms with Crippen LogP contribution in [0, 0.1) is 24.0 Å². The van der Waals surface area contributed by atoms with Gasteiger partial charge in [0.15, 0.2) is 0 Å². The van der Waals surface area contributed by atoms with Gasteiger partial charge in [0.25, 0.3) is 0 Å². The summed E-state index contributed by atoms with van der Waals surface area (Å²) in [5, 5.41) is 24.6. The van der Waals surface area contributed by atoms with E-state index in [4.69, 9.17) is 0 Å². The highest BCUT2D eigenvalue weighted by Gasteiger charge is 2.23. The van der Waals surface area contributed by atoms with Gasteiger partial charge >= 0.3 is 5.69 Å². The minimum Gasteiger partial charge on any atom is -0.501 e. The number of nitrogens with zero attached hydrogens (tertiary/aromatic N) is 1. The highest BCUT2D eigenvalue weighted by Crippen LogP contribution is 2.49. The zero-order valence-corrected chi connectivity index (χ0v) is 18.3. The van der Waals surface area contributed by atoms with Crippen molar-refractivity contribution in [2.24, 2.45) is 0 Å². The smallest absolute Gasteiger partial charge is 0.312 e. The summed E-state index contributed by atoms with van der Waals surface area (Å²) in [7, 11) is 0. The van der Waals surface area contributed by atoms with Crippen LogP contribution in [0.2, 0.25) is 0 Å². The average Bonchev–Trinajstić information content (AvgIpc) is 2.93. The van der Waals surface area contributed by atoms with Crippen molar-refractivity contribution in [3.05, 3.63) is 65.9 Å². The summed E-state index contributed by atoms with van der Waals surface area (Å²) in [5.41, 5.74) is 2.47. The molecule has 4 rings (SSSR count). The quantitative estimate of drug-likeness (QED) is 0.226. The lowest BCUT2D eigenvalue weighted by Gasteiger charge is -2.13. The van der Waals surface area contributed by atoms with Gasteiger partial charge in [-0.1, -0.05) is 24.3 Å². The highest BCUT2D eigenvalue weighted by atomic mass is 79.9. The maximum absolute atomic E-state index is 11.4. The number of nitro groups is 1. The van der Waals surface area contributed by atoms with Crippen molar-refractivity contribution in [2.45, 2.75) is 13.8 Å².